The van der Waals surface area contributed by atoms with Crippen LogP contribution in [0.5, 0.6) is 23.0 Å². The molecule has 122 heavy (non-hydrogen) atoms. The van der Waals surface area contributed by atoms with Crippen LogP contribution in [0.25, 0.3) is 21.5 Å². The van der Waals surface area contributed by atoms with E-state index in [-0.39, 0.29) is 74.8 Å². The lowest BCUT2D eigenvalue weighted by Crippen LogP contribution is -2.26. The first kappa shape index (κ1) is 85.6. The van der Waals surface area contributed by atoms with E-state index >= 15 is 0 Å². The zero-order valence-electron chi connectivity index (χ0n) is 65.3. The van der Waals surface area contributed by atoms with E-state index in [1.54, 1.807) is 218 Å². The molecule has 0 saturated carbocycles. The highest BCUT2D eigenvalue weighted by Crippen LogP contribution is 2.39. The standard InChI is InChI=1S/C98H78N4O20/c1-5-61-24-36-69(37-25-61)99-92(108)68-17-15-16-65(48-68)49-91(107)119-57-75(105)55-117-89-46-34-66-32-44-77(115-53-73(103)58-120-96(112)82-21-12-9-18-79(82)93(109)100-70-38-26-62(6-2)27-39-70)50-85(66)87(89)52-88-86-51-78(116-54-74(104)59-121-97(113)83-22-13-10-19-80(83)94(110)101-71-40-28-63(7-3)29-41-71)45-33-67(86)35-47-90(88)118-56-76(106)60-122-98(114)84-23-14-11-20-81(84)95(111)102-72-42-30-64(8-4)31-43-72/h1-4,9-48,50-51,73-76,103-106H,49,52-60H2,(H,99,108)(H,100,109)(H,101,110)(H,102,111). The van der Waals surface area contributed by atoms with Gasteiger partial charge in [0.2, 0.25) is 0 Å². The number of hydrogen-bond acceptors (Lipinski definition) is 20. The van der Waals surface area contributed by atoms with Crippen molar-refractivity contribution in [2.24, 2.45) is 0 Å². The van der Waals surface area contributed by atoms with E-state index in [0.29, 0.717) is 83.2 Å². The van der Waals surface area contributed by atoms with E-state index in [2.05, 4.69) is 44.9 Å². The maximum Gasteiger partial charge on any atom is 0.339 e. The van der Waals surface area contributed by atoms with Crippen molar-refractivity contribution in [3.63, 3.8) is 0 Å². The van der Waals surface area contributed by atoms with Crippen LogP contribution in [-0.2, 0) is 36.6 Å². The first-order valence-corrected chi connectivity index (χ1v) is 38.1. The Labute approximate surface area is 701 Å². The van der Waals surface area contributed by atoms with Crippen LogP contribution in [0.1, 0.15) is 111 Å². The molecule has 0 heterocycles. The normalized spacial score (nSPS) is 11.7. The van der Waals surface area contributed by atoms with E-state index in [9.17, 15) is 58.8 Å². The largest absolute Gasteiger partial charge is 0.491 e. The summed E-state index contributed by atoms with van der Waals surface area (Å²) in [4.78, 5) is 108. The lowest BCUT2D eigenvalue weighted by Gasteiger charge is -2.21. The zero-order chi connectivity index (χ0) is 86.0. The third kappa shape index (κ3) is 23.1. The molecule has 0 bridgehead atoms. The van der Waals surface area contributed by atoms with Crippen LogP contribution in [0.15, 0.2) is 255 Å². The van der Waals surface area contributed by atoms with Gasteiger partial charge in [-0.3, -0.25) is 24.0 Å². The minimum atomic E-state index is -1.50. The summed E-state index contributed by atoms with van der Waals surface area (Å²) in [6.45, 7) is -4.06. The molecule has 12 aromatic rings. The van der Waals surface area contributed by atoms with Gasteiger partial charge in [-0.15, -0.1) is 25.7 Å². The first-order chi connectivity index (χ1) is 59.2. The van der Waals surface area contributed by atoms with Gasteiger partial charge >= 0.3 is 23.9 Å². The van der Waals surface area contributed by atoms with Gasteiger partial charge in [-0.25, -0.2) is 14.4 Å². The molecule has 4 atom stereocenters. The highest BCUT2D eigenvalue weighted by atomic mass is 16.6. The van der Waals surface area contributed by atoms with Crippen LogP contribution in [0.3, 0.4) is 0 Å². The van der Waals surface area contributed by atoms with Gasteiger partial charge in [0.15, 0.2) is 0 Å². The Kier molecular flexibility index (Phi) is 29.0. The number of benzene rings is 12. The van der Waals surface area contributed by atoms with Crippen molar-refractivity contribution < 1.29 is 96.7 Å². The second-order valence-corrected chi connectivity index (χ2v) is 27.6. The van der Waals surface area contributed by atoms with Crippen molar-refractivity contribution in [1.82, 2.24) is 0 Å². The van der Waals surface area contributed by atoms with Gasteiger partial charge in [-0.05, 0) is 209 Å². The Morgan fingerprint density at radius 3 is 0.967 bits per heavy atom. The Morgan fingerprint density at radius 2 is 0.623 bits per heavy atom. The van der Waals surface area contributed by atoms with Gasteiger partial charge in [0, 0.05) is 68.1 Å². The summed E-state index contributed by atoms with van der Waals surface area (Å²) in [5, 5.41) is 59.1. The number of aliphatic hydroxyl groups excluding tert-OH is 4. The Balaban J connectivity index is 0.804. The van der Waals surface area contributed by atoms with Gasteiger partial charge in [-0.1, -0.05) is 96.5 Å². The summed E-state index contributed by atoms with van der Waals surface area (Å²) in [6, 6.07) is 67.5. The van der Waals surface area contributed by atoms with Crippen molar-refractivity contribution in [2.75, 3.05) is 74.1 Å². The smallest absolute Gasteiger partial charge is 0.339 e. The molecule has 12 rings (SSSR count). The Morgan fingerprint density at radius 1 is 0.311 bits per heavy atom. The molecule has 0 aliphatic heterocycles. The summed E-state index contributed by atoms with van der Waals surface area (Å²) in [6.07, 6.45) is 15.9. The molecule has 0 saturated heterocycles. The van der Waals surface area contributed by atoms with E-state index in [1.807, 2.05) is 0 Å². The molecule has 0 aliphatic rings. The number of rotatable bonds is 35. The van der Waals surface area contributed by atoms with E-state index in [0.717, 1.165) is 0 Å². The number of esters is 4. The molecule has 4 amide bonds. The maximum absolute atomic E-state index is 13.8. The number of amides is 4. The molecule has 0 spiro atoms. The third-order valence-electron chi connectivity index (χ3n) is 18.8. The van der Waals surface area contributed by atoms with Gasteiger partial charge < -0.3 is 79.6 Å². The monoisotopic (exact) mass is 1630 g/mol. The molecule has 24 nitrogen and oxygen atoms in total. The van der Waals surface area contributed by atoms with Crippen LogP contribution in [-0.4, -0.2) is 145 Å². The number of hydrogen-bond donors (Lipinski definition) is 8. The minimum Gasteiger partial charge on any atom is -0.491 e. The average Bonchev–Trinajstić information content (AvgIpc) is 0.765. The highest BCUT2D eigenvalue weighted by Gasteiger charge is 2.26. The zero-order valence-corrected chi connectivity index (χ0v) is 65.3. The third-order valence-corrected chi connectivity index (χ3v) is 18.8. The van der Waals surface area contributed by atoms with Crippen molar-refractivity contribution in [3.05, 3.63) is 333 Å². The molecule has 24 heteroatoms. The molecule has 0 aromatic heterocycles. The molecule has 4 unspecified atom stereocenters. The fourth-order valence-electron chi connectivity index (χ4n) is 12.6. The quantitative estimate of drug-likeness (QED) is 0.0104. The summed E-state index contributed by atoms with van der Waals surface area (Å²) in [7, 11) is 0. The van der Waals surface area contributed by atoms with Crippen LogP contribution in [0, 0.1) is 49.4 Å². The van der Waals surface area contributed by atoms with E-state index in [4.69, 9.17) is 63.6 Å². The summed E-state index contributed by atoms with van der Waals surface area (Å²) in [5.74, 6) is 5.09. The van der Waals surface area contributed by atoms with E-state index in [1.165, 1.54) is 36.4 Å². The number of carbonyl (C=O) groups excluding carboxylic acids is 8. The minimum absolute atomic E-state index is 0.00220. The number of anilines is 4. The van der Waals surface area contributed by atoms with Gasteiger partial charge in [0.05, 0.1) is 39.8 Å². The highest BCUT2D eigenvalue weighted by molar-refractivity contribution is 6.13. The second-order valence-electron chi connectivity index (χ2n) is 27.6. The first-order valence-electron chi connectivity index (χ1n) is 38.1. The van der Waals surface area contributed by atoms with Crippen molar-refractivity contribution in [2.45, 2.75) is 37.3 Å². The molecular weight excluding hydrogens is 1550 g/mol. The van der Waals surface area contributed by atoms with Gasteiger partial charge in [-0.2, -0.15) is 0 Å². The predicted octanol–water partition coefficient (Wildman–Crippen LogP) is 12.8. The lowest BCUT2D eigenvalue weighted by atomic mass is 9.93. The molecule has 8 N–H and O–H groups in total. The molecule has 0 fully saturated rings. The summed E-state index contributed by atoms with van der Waals surface area (Å²) in [5.41, 5.74) is 5.48. The number of nitrogens with one attached hydrogen (secondary N) is 4. The van der Waals surface area contributed by atoms with Gasteiger partial charge in [0.1, 0.15) is 100 Å². The van der Waals surface area contributed by atoms with Crippen molar-refractivity contribution >= 4 is 91.8 Å². The van der Waals surface area contributed by atoms with Crippen LogP contribution in [0.4, 0.5) is 22.7 Å². The fraction of sp³-hybridized carbons (Fsp3) is 0.143. The number of carbonyl (C=O) groups is 8. The fourth-order valence-corrected chi connectivity index (χ4v) is 12.6. The Bertz CT molecular complexity index is 6060. The predicted molar refractivity (Wildman–Crippen MR) is 457 cm³/mol. The molecule has 12 aromatic carbocycles. The second kappa shape index (κ2) is 41.4. The SMILES string of the molecule is C#Cc1ccc(NC(=O)c2cccc(CC(=O)OCC(O)COc3ccc4ccc(OCC(O)COC(=O)c5ccccc5C(=O)Nc5ccc(C#C)cc5)cc4c3Cc3c(OCC(O)COC(=O)c4ccccc4C(=O)Nc4ccc(C#C)cc4)ccc4ccc(OCC(O)COC(=O)c5ccccc5C(=O)Nc5ccc(C#C)cc5)cc34)c2)cc1. The molecule has 0 radical (unpaired) electrons. The number of terminal acetylenes is 4. The van der Waals surface area contributed by atoms with Crippen LogP contribution >= 0.6 is 0 Å². The van der Waals surface area contributed by atoms with E-state index < -0.39 is 125 Å². The molecule has 610 valence electrons. The summed E-state index contributed by atoms with van der Waals surface area (Å²) < 4.78 is 47.7. The van der Waals surface area contributed by atoms with Gasteiger partial charge in [0.25, 0.3) is 23.6 Å². The number of aliphatic hydroxyl groups is 4. The molecule has 0 aliphatic carbocycles. The van der Waals surface area contributed by atoms with Crippen LogP contribution < -0.4 is 40.2 Å². The lowest BCUT2D eigenvalue weighted by molar-refractivity contribution is -0.146. The van der Waals surface area contributed by atoms with Crippen molar-refractivity contribution in [3.8, 4) is 72.4 Å². The topological polar surface area (TPSA) is 339 Å². The number of ether oxygens (including phenoxy) is 8. The Hall–Kier alpha value is -15.8. The maximum atomic E-state index is 13.8. The van der Waals surface area contributed by atoms with Crippen LogP contribution in [0.2, 0.25) is 0 Å². The molecular formula is C98H78N4O20. The number of fused-ring (bicyclic) bond motifs is 2. The van der Waals surface area contributed by atoms with Crippen molar-refractivity contribution in [1.29, 1.82) is 0 Å². The summed E-state index contributed by atoms with van der Waals surface area (Å²) >= 11 is 0. The average molecular weight is 1630 g/mol.